The number of hydrogen-bond acceptors (Lipinski definition) is 9. The Labute approximate surface area is 240 Å². The average Bonchev–Trinajstić information content (AvgIpc) is 2.87. The second-order valence-electron chi connectivity index (χ2n) is 7.49. The zero-order valence-electron chi connectivity index (χ0n) is 20.2. The Morgan fingerprint density at radius 1 is 0.974 bits per heavy atom. The molecular weight excluding hydrogens is 521 g/mol. The number of imide groups is 2. The molecule has 0 unspecified atom stereocenters. The molecule has 0 saturated carbocycles. The normalized spacial score (nSPS) is 14.9. The van der Waals surface area contributed by atoms with Crippen LogP contribution >= 0.6 is 0 Å². The number of nitrogens with zero attached hydrogens (tertiary/aromatic N) is 4. The van der Waals surface area contributed by atoms with Crippen LogP contribution in [0.3, 0.4) is 0 Å². The molecule has 4 N–H and O–H groups in total. The van der Waals surface area contributed by atoms with Gasteiger partial charge in [0.05, 0.1) is 0 Å². The van der Waals surface area contributed by atoms with Crippen molar-refractivity contribution in [3.05, 3.63) is 105 Å². The third-order valence-corrected chi connectivity index (χ3v) is 5.10. The Kier molecular flexibility index (Phi) is 8.88. The Bertz CT molecular complexity index is 1680. The summed E-state index contributed by atoms with van der Waals surface area (Å²) < 4.78 is 0.630. The smallest absolute Gasteiger partial charge is 0.859 e. The molecule has 190 valence electrons. The zero-order chi connectivity index (χ0) is 27.4. The van der Waals surface area contributed by atoms with E-state index in [1.54, 1.807) is 12.1 Å². The van der Waals surface area contributed by atoms with Crippen molar-refractivity contribution in [3.8, 4) is 11.7 Å². The van der Waals surface area contributed by atoms with Gasteiger partial charge in [0.25, 0.3) is 17.4 Å². The summed E-state index contributed by atoms with van der Waals surface area (Å²) in [4.78, 5) is 84.3. The number of rotatable bonds is 6. The van der Waals surface area contributed by atoms with Crippen LogP contribution < -0.4 is 61.9 Å². The maximum Gasteiger partial charge on any atom is 1.00 e. The summed E-state index contributed by atoms with van der Waals surface area (Å²) in [6.45, 7) is 0. The molecular formula is C24H16N7NaO7. The van der Waals surface area contributed by atoms with E-state index in [0.717, 1.165) is 24.3 Å². The third kappa shape index (κ3) is 5.98. The number of H-pyrrole nitrogens is 1. The SMILES string of the molecule is NC(=O)C(=C\C=C1/C(=O)NC(=O)N(c2ccccn2)C1=O)/C=C/c1c([O-])n(-c2ccccn2)c(=O)[nH]c1=O.[Na+]. The Morgan fingerprint density at radius 3 is 2.21 bits per heavy atom. The molecule has 5 amide bonds. The second-order valence-corrected chi connectivity index (χ2v) is 7.49. The van der Waals surface area contributed by atoms with Crippen molar-refractivity contribution in [1.82, 2.24) is 24.8 Å². The molecule has 39 heavy (non-hydrogen) atoms. The first kappa shape index (κ1) is 28.6. The summed E-state index contributed by atoms with van der Waals surface area (Å²) in [6, 6.07) is 7.92. The number of nitrogens with one attached hydrogen (secondary N) is 2. The first-order valence-electron chi connectivity index (χ1n) is 10.7. The Morgan fingerprint density at radius 2 is 1.62 bits per heavy atom. The number of urea groups is 1. The van der Waals surface area contributed by atoms with E-state index in [9.17, 15) is 33.9 Å². The summed E-state index contributed by atoms with van der Waals surface area (Å²) in [5.74, 6) is -4.18. The predicted octanol–water partition coefficient (Wildman–Crippen LogP) is -3.97. The van der Waals surface area contributed by atoms with Gasteiger partial charge in [0.1, 0.15) is 17.2 Å². The maximum atomic E-state index is 12.8. The van der Waals surface area contributed by atoms with E-state index in [1.807, 2.05) is 10.3 Å². The van der Waals surface area contributed by atoms with Gasteiger partial charge in [-0.1, -0.05) is 12.1 Å². The minimum absolute atomic E-state index is 0. The third-order valence-electron chi connectivity index (χ3n) is 5.10. The summed E-state index contributed by atoms with van der Waals surface area (Å²) in [6.07, 6.45) is 6.56. The number of aromatic amines is 1. The van der Waals surface area contributed by atoms with E-state index in [4.69, 9.17) is 5.73 Å². The van der Waals surface area contributed by atoms with E-state index in [-0.39, 0.29) is 46.8 Å². The number of nitrogens with two attached hydrogens (primary N) is 1. The number of carbonyl (C=O) groups excluding carboxylic acids is 4. The molecule has 4 heterocycles. The fourth-order valence-corrected chi connectivity index (χ4v) is 3.31. The van der Waals surface area contributed by atoms with Crippen LogP contribution in [0.4, 0.5) is 10.6 Å². The van der Waals surface area contributed by atoms with Crippen LogP contribution in [0.15, 0.2) is 87.8 Å². The fourth-order valence-electron chi connectivity index (χ4n) is 3.31. The van der Waals surface area contributed by atoms with Gasteiger partial charge in [-0.3, -0.25) is 34.0 Å². The number of amides is 5. The molecule has 4 rings (SSSR count). The van der Waals surface area contributed by atoms with Crippen molar-refractivity contribution in [1.29, 1.82) is 0 Å². The van der Waals surface area contributed by atoms with Crippen LogP contribution in [0, 0.1) is 0 Å². The predicted molar refractivity (Wildman–Crippen MR) is 130 cm³/mol. The minimum Gasteiger partial charge on any atom is -0.859 e. The molecule has 3 aromatic rings. The number of carbonyl (C=O) groups is 4. The number of anilines is 1. The van der Waals surface area contributed by atoms with E-state index in [0.29, 0.717) is 9.47 Å². The van der Waals surface area contributed by atoms with Crippen molar-refractivity contribution in [2.45, 2.75) is 0 Å². The summed E-state index contributed by atoms with van der Waals surface area (Å²) in [5, 5.41) is 14.8. The number of primary amides is 1. The first-order chi connectivity index (χ1) is 18.2. The molecule has 1 aliphatic heterocycles. The zero-order valence-corrected chi connectivity index (χ0v) is 22.2. The van der Waals surface area contributed by atoms with E-state index >= 15 is 0 Å². The summed E-state index contributed by atoms with van der Waals surface area (Å²) in [7, 11) is 0. The molecule has 0 aliphatic carbocycles. The second kappa shape index (κ2) is 12.1. The summed E-state index contributed by atoms with van der Waals surface area (Å²) >= 11 is 0. The van der Waals surface area contributed by atoms with Crippen LogP contribution in [0.25, 0.3) is 11.9 Å². The number of barbiturate groups is 1. The molecule has 0 atom stereocenters. The molecule has 14 nitrogen and oxygen atoms in total. The molecule has 3 aromatic heterocycles. The van der Waals surface area contributed by atoms with Gasteiger partial charge < -0.3 is 10.8 Å². The van der Waals surface area contributed by atoms with Crippen LogP contribution in [-0.4, -0.2) is 43.3 Å². The number of hydrogen-bond donors (Lipinski definition) is 3. The topological polar surface area (TPSA) is 213 Å². The summed E-state index contributed by atoms with van der Waals surface area (Å²) in [5.41, 5.74) is 1.96. The van der Waals surface area contributed by atoms with Gasteiger partial charge >= 0.3 is 41.3 Å². The van der Waals surface area contributed by atoms with Gasteiger partial charge in [0.15, 0.2) is 0 Å². The van der Waals surface area contributed by atoms with Crippen LogP contribution in [-0.2, 0) is 14.4 Å². The van der Waals surface area contributed by atoms with E-state index in [1.165, 1.54) is 36.7 Å². The van der Waals surface area contributed by atoms with Gasteiger partial charge in [-0.15, -0.1) is 0 Å². The number of allylic oxidation sites excluding steroid dienone is 2. The van der Waals surface area contributed by atoms with Crippen molar-refractivity contribution in [2.24, 2.45) is 5.73 Å². The number of pyridine rings is 2. The van der Waals surface area contributed by atoms with Crippen molar-refractivity contribution in [3.63, 3.8) is 0 Å². The van der Waals surface area contributed by atoms with Crippen molar-refractivity contribution >= 4 is 35.6 Å². The van der Waals surface area contributed by atoms with Crippen LogP contribution in [0.1, 0.15) is 5.56 Å². The molecule has 0 bridgehead atoms. The van der Waals surface area contributed by atoms with Gasteiger partial charge in [0.2, 0.25) is 5.91 Å². The molecule has 1 saturated heterocycles. The number of aromatic nitrogens is 4. The van der Waals surface area contributed by atoms with Crippen molar-refractivity contribution < 1.29 is 53.8 Å². The minimum atomic E-state index is -1.04. The van der Waals surface area contributed by atoms with Crippen LogP contribution in [0.5, 0.6) is 5.88 Å². The molecule has 1 aliphatic rings. The van der Waals surface area contributed by atoms with Gasteiger partial charge in [-0.2, -0.15) is 0 Å². The fraction of sp³-hybridized carbons (Fsp3) is 0. The molecule has 15 heteroatoms. The molecule has 0 radical (unpaired) electrons. The van der Waals surface area contributed by atoms with Crippen molar-refractivity contribution in [2.75, 3.05) is 4.90 Å². The molecule has 0 spiro atoms. The maximum absolute atomic E-state index is 12.8. The van der Waals surface area contributed by atoms with Gasteiger partial charge in [-0.05, 0) is 54.4 Å². The largest absolute Gasteiger partial charge is 1.00 e. The van der Waals surface area contributed by atoms with E-state index < -0.39 is 52.0 Å². The van der Waals surface area contributed by atoms with Gasteiger partial charge in [-0.25, -0.2) is 24.5 Å². The monoisotopic (exact) mass is 537 g/mol. The van der Waals surface area contributed by atoms with Gasteiger partial charge in [0, 0.05) is 23.5 Å². The molecule has 0 aromatic carbocycles. The average molecular weight is 537 g/mol. The van der Waals surface area contributed by atoms with Crippen LogP contribution in [0.2, 0.25) is 0 Å². The standard InChI is InChI=1S/C24H17N7O7.Na/c25-18(32)13(7-9-14-19(33)28-23(37)30(21(14)35)16-5-1-3-11-26-16)8-10-15-20(34)29-24(38)31(22(15)36)17-6-2-4-12-27-17;/h1-12,35H,(H2,25,32)(H,28,33,37)(H,29,34,38);/q;+1/p-1/b9-7+,13-8-,15-10+;. The Hall–Kier alpha value is -4.92. The molecule has 1 fully saturated rings. The quantitative estimate of drug-likeness (QED) is 0.121. The van der Waals surface area contributed by atoms with E-state index in [2.05, 4.69) is 9.97 Å². The first-order valence-corrected chi connectivity index (χ1v) is 10.7. The Balaban J connectivity index is 0.00000420.